The molecule has 0 atom stereocenters. The normalized spacial score (nSPS) is 11.0. The average molecular weight is 261 g/mol. The first-order valence-electron chi connectivity index (χ1n) is 7.26. The third kappa shape index (κ3) is 5.93. The fourth-order valence-corrected chi connectivity index (χ4v) is 2.07. The van der Waals surface area contributed by atoms with E-state index in [1.165, 1.54) is 13.0 Å². The van der Waals surface area contributed by atoms with E-state index < -0.39 is 0 Å². The first-order chi connectivity index (χ1) is 9.17. The fourth-order valence-electron chi connectivity index (χ4n) is 2.07. The second-order valence-electron chi connectivity index (χ2n) is 5.10. The van der Waals surface area contributed by atoms with Crippen LogP contribution in [0.5, 0.6) is 5.75 Å². The molecule has 0 spiro atoms. The number of hydrogen-bond donors (Lipinski definition) is 0. The summed E-state index contributed by atoms with van der Waals surface area (Å²) in [7, 11) is 0. The van der Waals surface area contributed by atoms with Crippen molar-refractivity contribution in [1.82, 2.24) is 4.90 Å². The molecule has 0 aliphatic carbocycles. The molecule has 0 heterocycles. The molecule has 2 nitrogen and oxygen atoms in total. The van der Waals surface area contributed by atoms with Gasteiger partial charge in [0.15, 0.2) is 0 Å². The smallest absolute Gasteiger partial charge is 0.119 e. The molecule has 0 radical (unpaired) electrons. The monoisotopic (exact) mass is 261 g/mol. The van der Waals surface area contributed by atoms with Crippen molar-refractivity contribution in [3.63, 3.8) is 0 Å². The number of ether oxygens (including phenoxy) is 1. The van der Waals surface area contributed by atoms with Crippen LogP contribution >= 0.6 is 0 Å². The van der Waals surface area contributed by atoms with Gasteiger partial charge in [0, 0.05) is 12.6 Å². The summed E-state index contributed by atoms with van der Waals surface area (Å²) in [6, 6.07) is 8.68. The summed E-state index contributed by atoms with van der Waals surface area (Å²) in [5.74, 6) is 0.942. The first-order valence-corrected chi connectivity index (χ1v) is 7.26. The van der Waals surface area contributed by atoms with Crippen LogP contribution in [0, 0.1) is 0 Å². The molecule has 0 aliphatic rings. The Balaban J connectivity index is 2.27. The highest BCUT2D eigenvalue weighted by atomic mass is 16.5. The molecule has 0 amide bonds. The van der Waals surface area contributed by atoms with Gasteiger partial charge in [-0.1, -0.05) is 31.7 Å². The summed E-state index contributed by atoms with van der Waals surface area (Å²) < 4.78 is 5.75. The van der Waals surface area contributed by atoms with Crippen LogP contribution in [0.2, 0.25) is 0 Å². The number of rotatable bonds is 9. The molecular formula is C17H27NO. The molecule has 0 saturated heterocycles. The summed E-state index contributed by atoms with van der Waals surface area (Å²) in [5.41, 5.74) is 1.13. The zero-order valence-corrected chi connectivity index (χ0v) is 12.6. The van der Waals surface area contributed by atoms with E-state index in [1.54, 1.807) is 0 Å². The van der Waals surface area contributed by atoms with Gasteiger partial charge in [-0.2, -0.15) is 0 Å². The molecule has 0 fully saturated rings. The van der Waals surface area contributed by atoms with Crippen LogP contribution in [0.1, 0.15) is 39.2 Å². The van der Waals surface area contributed by atoms with E-state index in [0.717, 1.165) is 30.9 Å². The van der Waals surface area contributed by atoms with Crippen LogP contribution in [0.15, 0.2) is 30.8 Å². The summed E-state index contributed by atoms with van der Waals surface area (Å²) in [6.45, 7) is 13.5. The lowest BCUT2D eigenvalue weighted by atomic mass is 10.2. The van der Waals surface area contributed by atoms with Gasteiger partial charge in [0.25, 0.3) is 0 Å². The van der Waals surface area contributed by atoms with Crippen LogP contribution in [0.4, 0.5) is 0 Å². The molecule has 0 aliphatic heterocycles. The molecule has 19 heavy (non-hydrogen) atoms. The van der Waals surface area contributed by atoms with Gasteiger partial charge in [-0.05, 0) is 50.9 Å². The summed E-state index contributed by atoms with van der Waals surface area (Å²) in [5, 5.41) is 0. The van der Waals surface area contributed by atoms with E-state index in [-0.39, 0.29) is 0 Å². The second kappa shape index (κ2) is 8.76. The zero-order chi connectivity index (χ0) is 14.1. The largest absolute Gasteiger partial charge is 0.494 e. The lowest BCUT2D eigenvalue weighted by molar-refractivity contribution is 0.198. The van der Waals surface area contributed by atoms with Crippen molar-refractivity contribution in [3.05, 3.63) is 36.4 Å². The minimum absolute atomic E-state index is 0.617. The van der Waals surface area contributed by atoms with Gasteiger partial charge in [-0.15, -0.1) is 0 Å². The molecule has 0 saturated carbocycles. The average Bonchev–Trinajstić information content (AvgIpc) is 2.42. The molecule has 0 aromatic heterocycles. The van der Waals surface area contributed by atoms with Crippen LogP contribution in [0.25, 0.3) is 6.08 Å². The number of nitrogens with zero attached hydrogens (tertiary/aromatic N) is 1. The van der Waals surface area contributed by atoms with Crippen molar-refractivity contribution in [2.24, 2.45) is 0 Å². The van der Waals surface area contributed by atoms with E-state index in [1.807, 2.05) is 30.3 Å². The molecule has 106 valence electrons. The maximum atomic E-state index is 5.75. The lowest BCUT2D eigenvalue weighted by Gasteiger charge is -2.25. The molecule has 0 unspecified atom stereocenters. The minimum atomic E-state index is 0.617. The highest BCUT2D eigenvalue weighted by molar-refractivity contribution is 5.48. The van der Waals surface area contributed by atoms with Gasteiger partial charge in [-0.25, -0.2) is 0 Å². The van der Waals surface area contributed by atoms with Crippen molar-refractivity contribution in [2.75, 3.05) is 19.7 Å². The highest BCUT2D eigenvalue weighted by Gasteiger charge is 2.07. The van der Waals surface area contributed by atoms with Gasteiger partial charge in [0.05, 0.1) is 6.61 Å². The summed E-state index contributed by atoms with van der Waals surface area (Å²) in [6.07, 6.45) is 4.12. The van der Waals surface area contributed by atoms with Gasteiger partial charge < -0.3 is 9.64 Å². The molecule has 1 aromatic carbocycles. The second-order valence-corrected chi connectivity index (χ2v) is 5.10. The molecule has 1 rings (SSSR count). The molecular weight excluding hydrogens is 234 g/mol. The Kier molecular flexibility index (Phi) is 7.27. The number of benzene rings is 1. The van der Waals surface area contributed by atoms with Crippen LogP contribution < -0.4 is 4.74 Å². The predicted octanol–water partition coefficient (Wildman–Crippen LogP) is 4.22. The number of hydrogen-bond acceptors (Lipinski definition) is 2. The van der Waals surface area contributed by atoms with Crippen molar-refractivity contribution in [3.8, 4) is 5.75 Å². The standard InChI is InChI=1S/C17H27NO/c1-5-12-18(15(3)4)13-7-14-19-17-10-8-16(6-2)9-11-17/h6,8-11,15H,2,5,7,12-14H2,1,3-4H3. The van der Waals surface area contributed by atoms with Crippen molar-refractivity contribution in [1.29, 1.82) is 0 Å². The quantitative estimate of drug-likeness (QED) is 0.617. The molecule has 0 N–H and O–H groups in total. The van der Waals surface area contributed by atoms with Crippen molar-refractivity contribution >= 4 is 6.08 Å². The highest BCUT2D eigenvalue weighted by Crippen LogP contribution is 2.13. The maximum Gasteiger partial charge on any atom is 0.119 e. The minimum Gasteiger partial charge on any atom is -0.494 e. The van der Waals surface area contributed by atoms with Gasteiger partial charge in [0.1, 0.15) is 5.75 Å². The van der Waals surface area contributed by atoms with E-state index in [4.69, 9.17) is 4.74 Å². The topological polar surface area (TPSA) is 12.5 Å². The van der Waals surface area contributed by atoms with E-state index >= 15 is 0 Å². The summed E-state index contributed by atoms with van der Waals surface area (Å²) in [4.78, 5) is 2.50. The Morgan fingerprint density at radius 2 is 1.89 bits per heavy atom. The third-order valence-electron chi connectivity index (χ3n) is 3.22. The van der Waals surface area contributed by atoms with Gasteiger partial charge in [0.2, 0.25) is 0 Å². The Hall–Kier alpha value is -1.28. The molecule has 2 heteroatoms. The Bertz CT molecular complexity index is 356. The molecule has 1 aromatic rings. The van der Waals surface area contributed by atoms with Gasteiger partial charge in [-0.3, -0.25) is 0 Å². The van der Waals surface area contributed by atoms with E-state index in [9.17, 15) is 0 Å². The van der Waals surface area contributed by atoms with Crippen LogP contribution in [0.3, 0.4) is 0 Å². The summed E-state index contributed by atoms with van der Waals surface area (Å²) >= 11 is 0. The maximum absolute atomic E-state index is 5.75. The molecule has 0 bridgehead atoms. The first kappa shape index (κ1) is 15.8. The Labute approximate surface area is 118 Å². The zero-order valence-electron chi connectivity index (χ0n) is 12.6. The van der Waals surface area contributed by atoms with E-state index in [2.05, 4.69) is 32.3 Å². The van der Waals surface area contributed by atoms with Crippen molar-refractivity contribution < 1.29 is 4.74 Å². The Morgan fingerprint density at radius 1 is 1.21 bits per heavy atom. The Morgan fingerprint density at radius 3 is 2.42 bits per heavy atom. The van der Waals surface area contributed by atoms with Crippen molar-refractivity contribution in [2.45, 2.75) is 39.7 Å². The van der Waals surface area contributed by atoms with Gasteiger partial charge >= 0.3 is 0 Å². The van der Waals surface area contributed by atoms with E-state index in [0.29, 0.717) is 6.04 Å². The van der Waals surface area contributed by atoms with Crippen LogP contribution in [-0.2, 0) is 0 Å². The third-order valence-corrected chi connectivity index (χ3v) is 3.22. The van der Waals surface area contributed by atoms with Crippen LogP contribution in [-0.4, -0.2) is 30.6 Å². The fraction of sp³-hybridized carbons (Fsp3) is 0.529. The SMILES string of the molecule is C=Cc1ccc(OCCCN(CCC)C(C)C)cc1. The lowest BCUT2D eigenvalue weighted by Crippen LogP contribution is -2.33. The predicted molar refractivity (Wildman–Crippen MR) is 83.6 cm³/mol.